The van der Waals surface area contributed by atoms with Crippen molar-refractivity contribution in [1.82, 2.24) is 0 Å². The van der Waals surface area contributed by atoms with Crippen LogP contribution in [-0.2, 0) is 9.53 Å². The van der Waals surface area contributed by atoms with Gasteiger partial charge in [-0.1, -0.05) is 0 Å². The Hall–Kier alpha value is -0.530. The predicted molar refractivity (Wildman–Crippen MR) is 64.2 cm³/mol. The molecular formula is C15H22O2. The third-order valence-electron chi connectivity index (χ3n) is 6.44. The average molecular weight is 234 g/mol. The minimum Gasteiger partial charge on any atom is -0.459 e. The van der Waals surface area contributed by atoms with Gasteiger partial charge in [-0.15, -0.1) is 0 Å². The second kappa shape index (κ2) is 3.07. The molecule has 7 atom stereocenters. The van der Waals surface area contributed by atoms with Gasteiger partial charge in [0.25, 0.3) is 0 Å². The van der Waals surface area contributed by atoms with Gasteiger partial charge in [-0.2, -0.15) is 0 Å². The van der Waals surface area contributed by atoms with Gasteiger partial charge in [0.1, 0.15) is 5.60 Å². The monoisotopic (exact) mass is 234 g/mol. The zero-order chi connectivity index (χ0) is 11.8. The number of ether oxygens (including phenoxy) is 1. The molecule has 0 radical (unpaired) electrons. The molecule has 17 heavy (non-hydrogen) atoms. The van der Waals surface area contributed by atoms with E-state index < -0.39 is 0 Å². The Balaban J connectivity index is 1.64. The summed E-state index contributed by atoms with van der Waals surface area (Å²) in [6.45, 7) is 3.76. The molecular weight excluding hydrogens is 212 g/mol. The number of rotatable bonds is 1. The van der Waals surface area contributed by atoms with Gasteiger partial charge in [0.05, 0.1) is 0 Å². The molecule has 4 aliphatic rings. The van der Waals surface area contributed by atoms with Crippen molar-refractivity contribution >= 4 is 5.97 Å². The second-order valence-electron chi connectivity index (χ2n) is 7.20. The maximum absolute atomic E-state index is 11.3. The van der Waals surface area contributed by atoms with Gasteiger partial charge in [0.15, 0.2) is 0 Å². The summed E-state index contributed by atoms with van der Waals surface area (Å²) in [5, 5.41) is 0. The molecule has 4 rings (SSSR count). The van der Waals surface area contributed by atoms with E-state index in [1.807, 2.05) is 0 Å². The van der Waals surface area contributed by atoms with Crippen molar-refractivity contribution in [2.75, 3.05) is 0 Å². The maximum atomic E-state index is 11.3. The van der Waals surface area contributed by atoms with Crippen LogP contribution in [0.15, 0.2) is 0 Å². The van der Waals surface area contributed by atoms with Crippen molar-refractivity contribution < 1.29 is 9.53 Å². The highest BCUT2D eigenvalue weighted by molar-refractivity contribution is 5.66. The molecule has 4 bridgehead atoms. The summed E-state index contributed by atoms with van der Waals surface area (Å²) in [7, 11) is 0. The fourth-order valence-corrected chi connectivity index (χ4v) is 6.31. The van der Waals surface area contributed by atoms with Crippen LogP contribution in [0.25, 0.3) is 0 Å². The normalized spacial score (nSPS) is 58.5. The molecule has 4 saturated carbocycles. The highest BCUT2D eigenvalue weighted by Crippen LogP contribution is 2.70. The number of carbonyl (C=O) groups excluding carboxylic acids is 1. The van der Waals surface area contributed by atoms with E-state index in [-0.39, 0.29) is 11.6 Å². The van der Waals surface area contributed by atoms with Crippen molar-refractivity contribution in [1.29, 1.82) is 0 Å². The van der Waals surface area contributed by atoms with Crippen molar-refractivity contribution in [3.8, 4) is 0 Å². The van der Waals surface area contributed by atoms with E-state index in [0.29, 0.717) is 5.92 Å². The molecule has 7 unspecified atom stereocenters. The molecule has 2 nitrogen and oxygen atoms in total. The predicted octanol–water partition coefficient (Wildman–Crippen LogP) is 3.01. The number of carbonyl (C=O) groups is 1. The minimum atomic E-state index is -0.123. The topological polar surface area (TPSA) is 26.3 Å². The van der Waals surface area contributed by atoms with Gasteiger partial charge in [0, 0.05) is 12.8 Å². The molecule has 94 valence electrons. The lowest BCUT2D eigenvalue weighted by molar-refractivity contribution is -0.165. The van der Waals surface area contributed by atoms with Crippen LogP contribution < -0.4 is 0 Å². The molecule has 2 heteroatoms. The summed E-state index contributed by atoms with van der Waals surface area (Å²) in [5.41, 5.74) is -0.123. The molecule has 4 fully saturated rings. The SMILES string of the molecule is CC(=O)OC1(C)CC2CC1C1C3CCC(C3)C21. The largest absolute Gasteiger partial charge is 0.459 e. The van der Waals surface area contributed by atoms with Crippen LogP contribution in [0.5, 0.6) is 0 Å². The Morgan fingerprint density at radius 2 is 1.82 bits per heavy atom. The average Bonchev–Trinajstić information content (AvgIpc) is 2.88. The van der Waals surface area contributed by atoms with Crippen molar-refractivity contribution in [2.24, 2.45) is 35.5 Å². The summed E-state index contributed by atoms with van der Waals surface area (Å²) in [6.07, 6.45) is 6.90. The summed E-state index contributed by atoms with van der Waals surface area (Å²) < 4.78 is 5.71. The smallest absolute Gasteiger partial charge is 0.303 e. The van der Waals surface area contributed by atoms with Gasteiger partial charge < -0.3 is 4.74 Å². The lowest BCUT2D eigenvalue weighted by Crippen LogP contribution is -2.45. The Kier molecular flexibility index (Phi) is 1.88. The Labute approximate surface area is 103 Å². The van der Waals surface area contributed by atoms with Crippen LogP contribution in [0.2, 0.25) is 0 Å². The minimum absolute atomic E-state index is 0.0836. The third-order valence-corrected chi connectivity index (χ3v) is 6.44. The van der Waals surface area contributed by atoms with E-state index in [9.17, 15) is 4.79 Å². The Bertz CT molecular complexity index is 377. The van der Waals surface area contributed by atoms with Crippen LogP contribution in [0.1, 0.15) is 46.0 Å². The first-order valence-electron chi connectivity index (χ1n) is 7.28. The molecule has 0 amide bonds. The molecule has 0 heterocycles. The van der Waals surface area contributed by atoms with Crippen LogP contribution >= 0.6 is 0 Å². The first kappa shape index (κ1) is 10.4. The summed E-state index contributed by atoms with van der Waals surface area (Å²) in [4.78, 5) is 11.3. The van der Waals surface area contributed by atoms with Gasteiger partial charge >= 0.3 is 5.97 Å². The van der Waals surface area contributed by atoms with Crippen molar-refractivity contribution in [3.05, 3.63) is 0 Å². The summed E-state index contributed by atoms with van der Waals surface area (Å²) in [5.74, 6) is 5.36. The standard InChI is InChI=1S/C15H22O2/c1-8(16)17-15(2)7-11-6-12(15)14-10-4-3-9(5-10)13(11)14/h9-14H,3-7H2,1-2H3. The van der Waals surface area contributed by atoms with E-state index in [2.05, 4.69) is 6.92 Å². The maximum Gasteiger partial charge on any atom is 0.303 e. The zero-order valence-corrected chi connectivity index (χ0v) is 10.8. The van der Waals surface area contributed by atoms with Crippen LogP contribution in [-0.4, -0.2) is 11.6 Å². The highest BCUT2D eigenvalue weighted by Gasteiger charge is 2.66. The van der Waals surface area contributed by atoms with Gasteiger partial charge in [0.2, 0.25) is 0 Å². The number of hydrogen-bond acceptors (Lipinski definition) is 2. The van der Waals surface area contributed by atoms with E-state index >= 15 is 0 Å². The highest BCUT2D eigenvalue weighted by atomic mass is 16.6. The molecule has 0 aliphatic heterocycles. The third kappa shape index (κ3) is 1.19. The molecule has 0 N–H and O–H groups in total. The van der Waals surface area contributed by atoms with E-state index in [1.54, 1.807) is 6.92 Å². The molecule has 0 aromatic carbocycles. The molecule has 0 aromatic rings. The number of hydrogen-bond donors (Lipinski definition) is 0. The molecule has 0 saturated heterocycles. The van der Waals surface area contributed by atoms with Crippen molar-refractivity contribution in [3.63, 3.8) is 0 Å². The fraction of sp³-hybridized carbons (Fsp3) is 0.933. The Morgan fingerprint density at radius 3 is 2.53 bits per heavy atom. The lowest BCUT2D eigenvalue weighted by Gasteiger charge is -2.43. The quantitative estimate of drug-likeness (QED) is 0.515. The van der Waals surface area contributed by atoms with Crippen LogP contribution in [0.3, 0.4) is 0 Å². The van der Waals surface area contributed by atoms with Gasteiger partial charge in [-0.25, -0.2) is 0 Å². The summed E-state index contributed by atoms with van der Waals surface area (Å²) >= 11 is 0. The molecule has 0 aromatic heterocycles. The first-order valence-corrected chi connectivity index (χ1v) is 7.28. The molecule has 0 spiro atoms. The summed E-state index contributed by atoms with van der Waals surface area (Å²) in [6, 6.07) is 0. The zero-order valence-electron chi connectivity index (χ0n) is 10.8. The van der Waals surface area contributed by atoms with Gasteiger partial charge in [-0.3, -0.25) is 4.79 Å². The van der Waals surface area contributed by atoms with Crippen LogP contribution in [0, 0.1) is 35.5 Å². The van der Waals surface area contributed by atoms with Crippen molar-refractivity contribution in [2.45, 2.75) is 51.6 Å². The second-order valence-corrected chi connectivity index (χ2v) is 7.20. The van der Waals surface area contributed by atoms with Gasteiger partial charge in [-0.05, 0) is 68.6 Å². The lowest BCUT2D eigenvalue weighted by atomic mass is 9.66. The van der Waals surface area contributed by atoms with E-state index in [0.717, 1.165) is 36.0 Å². The Morgan fingerprint density at radius 1 is 1.12 bits per heavy atom. The van der Waals surface area contributed by atoms with E-state index in [1.165, 1.54) is 25.7 Å². The van der Waals surface area contributed by atoms with Crippen LogP contribution in [0.4, 0.5) is 0 Å². The first-order chi connectivity index (χ1) is 8.08. The fourth-order valence-electron chi connectivity index (χ4n) is 6.31. The number of fused-ring (bicyclic) bond motifs is 9. The molecule has 4 aliphatic carbocycles. The number of esters is 1. The van der Waals surface area contributed by atoms with E-state index in [4.69, 9.17) is 4.74 Å².